The predicted molar refractivity (Wildman–Crippen MR) is 167 cm³/mol. The maximum absolute atomic E-state index is 11.5. The lowest BCUT2D eigenvalue weighted by molar-refractivity contribution is -0.143. The zero-order chi connectivity index (χ0) is 28.9. The number of hydrogen-bond acceptors (Lipinski definition) is 3. The summed E-state index contributed by atoms with van der Waals surface area (Å²) in [6, 6.07) is 0. The van der Waals surface area contributed by atoms with Crippen molar-refractivity contribution in [1.29, 1.82) is 0 Å². The highest BCUT2D eigenvalue weighted by atomic mass is 31.2. The fourth-order valence-electron chi connectivity index (χ4n) is 5.20. The molecule has 0 spiro atoms. The number of hydrogen-bond donors (Lipinski definition) is 2. The van der Waals surface area contributed by atoms with Crippen molar-refractivity contribution < 1.29 is 23.9 Å². The van der Waals surface area contributed by atoms with Crippen LogP contribution in [0.15, 0.2) is 0 Å². The standard InChI is InChI=1S/C33H67O5P/c1-3-4-5-6-7-8-9-10-11-12-13-14-15-16-17-18-19-20-21-22-23-24-25-26-27-28-29-30-31-38-33(34)32(2)39(35,36)37/h32H,3-31H2,1-2H3,(H2,35,36,37). The third kappa shape index (κ3) is 28.9. The lowest BCUT2D eigenvalue weighted by atomic mass is 10.0. The molecule has 0 aliphatic heterocycles. The maximum atomic E-state index is 11.5. The minimum absolute atomic E-state index is 0.253. The lowest BCUT2D eigenvalue weighted by Gasteiger charge is -2.12. The van der Waals surface area contributed by atoms with Gasteiger partial charge in [0.05, 0.1) is 6.61 Å². The van der Waals surface area contributed by atoms with Crippen LogP contribution in [-0.4, -0.2) is 28.0 Å². The number of carbonyl (C=O) groups is 1. The Kier molecular flexibility index (Phi) is 28.8. The Morgan fingerprint density at radius 3 is 0.974 bits per heavy atom. The van der Waals surface area contributed by atoms with Gasteiger partial charge in [-0.05, 0) is 13.3 Å². The fraction of sp³-hybridized carbons (Fsp3) is 0.970. The molecule has 0 saturated carbocycles. The van der Waals surface area contributed by atoms with E-state index in [-0.39, 0.29) is 6.61 Å². The topological polar surface area (TPSA) is 83.8 Å². The Bertz CT molecular complexity index is 562. The Hall–Kier alpha value is -0.380. The number of esters is 1. The van der Waals surface area contributed by atoms with Gasteiger partial charge >= 0.3 is 13.6 Å². The van der Waals surface area contributed by atoms with Gasteiger partial charge in [0.15, 0.2) is 5.66 Å². The zero-order valence-corrected chi connectivity index (χ0v) is 27.0. The molecule has 0 radical (unpaired) electrons. The summed E-state index contributed by atoms with van der Waals surface area (Å²) in [5, 5.41) is 0. The van der Waals surface area contributed by atoms with Crippen LogP contribution in [0.4, 0.5) is 0 Å². The van der Waals surface area contributed by atoms with Crippen molar-refractivity contribution in [2.75, 3.05) is 6.61 Å². The molecule has 5 nitrogen and oxygen atoms in total. The lowest BCUT2D eigenvalue weighted by Crippen LogP contribution is -2.20. The van der Waals surface area contributed by atoms with Crippen LogP contribution < -0.4 is 0 Å². The summed E-state index contributed by atoms with van der Waals surface area (Å²) in [6.07, 6.45) is 38.1. The SMILES string of the molecule is CCCCCCCCCCCCCCCCCCCCCCCCCCCCCCOC(=O)C(C)P(=O)(O)O. The van der Waals surface area contributed by atoms with E-state index >= 15 is 0 Å². The van der Waals surface area contributed by atoms with Gasteiger partial charge in [0.1, 0.15) is 0 Å². The van der Waals surface area contributed by atoms with Crippen molar-refractivity contribution in [3.8, 4) is 0 Å². The summed E-state index contributed by atoms with van der Waals surface area (Å²) in [5.41, 5.74) is -1.36. The molecule has 0 amide bonds. The first kappa shape index (κ1) is 38.6. The third-order valence-corrected chi connectivity index (χ3v) is 9.31. The van der Waals surface area contributed by atoms with Crippen molar-refractivity contribution in [1.82, 2.24) is 0 Å². The highest BCUT2D eigenvalue weighted by molar-refractivity contribution is 7.53. The summed E-state index contributed by atoms with van der Waals surface area (Å²) in [5.74, 6) is -0.798. The van der Waals surface area contributed by atoms with Crippen molar-refractivity contribution in [3.05, 3.63) is 0 Å². The quantitative estimate of drug-likeness (QED) is 0.0489. The molecule has 0 rings (SSSR count). The Labute approximate surface area is 243 Å². The van der Waals surface area contributed by atoms with Crippen LogP contribution in [0.5, 0.6) is 0 Å². The molecule has 2 N–H and O–H groups in total. The number of carbonyl (C=O) groups excluding carboxylic acids is 1. The average Bonchev–Trinajstić information content (AvgIpc) is 2.91. The van der Waals surface area contributed by atoms with Gasteiger partial charge in [-0.15, -0.1) is 0 Å². The molecule has 1 atom stereocenters. The molecular weight excluding hydrogens is 507 g/mol. The molecule has 0 fully saturated rings. The second kappa shape index (κ2) is 29.1. The van der Waals surface area contributed by atoms with Crippen molar-refractivity contribution in [3.63, 3.8) is 0 Å². The van der Waals surface area contributed by atoms with Crippen LogP contribution in [-0.2, 0) is 14.1 Å². The normalized spacial score (nSPS) is 12.6. The predicted octanol–water partition coefficient (Wildman–Crippen LogP) is 11.0. The monoisotopic (exact) mass is 574 g/mol. The van der Waals surface area contributed by atoms with Crippen LogP contribution in [0, 0.1) is 0 Å². The molecule has 0 heterocycles. The van der Waals surface area contributed by atoms with Crippen molar-refractivity contribution >= 4 is 13.6 Å². The van der Waals surface area contributed by atoms with E-state index in [4.69, 9.17) is 14.5 Å². The molecule has 0 aromatic rings. The maximum Gasteiger partial charge on any atom is 0.339 e. The molecule has 0 aromatic carbocycles. The first-order chi connectivity index (χ1) is 18.9. The van der Waals surface area contributed by atoms with E-state index in [2.05, 4.69) is 6.92 Å². The van der Waals surface area contributed by atoms with Crippen LogP contribution >= 0.6 is 7.60 Å². The van der Waals surface area contributed by atoms with E-state index in [1.165, 1.54) is 167 Å². The van der Waals surface area contributed by atoms with E-state index in [0.717, 1.165) is 19.3 Å². The van der Waals surface area contributed by atoms with E-state index < -0.39 is 19.2 Å². The molecular formula is C33H67O5P. The van der Waals surface area contributed by atoms with E-state index in [0.29, 0.717) is 0 Å². The van der Waals surface area contributed by atoms with E-state index in [1.54, 1.807) is 0 Å². The first-order valence-corrected chi connectivity index (χ1v) is 18.8. The molecule has 234 valence electrons. The van der Waals surface area contributed by atoms with Crippen molar-refractivity contribution in [2.24, 2.45) is 0 Å². The second-order valence-corrected chi connectivity index (χ2v) is 13.9. The van der Waals surface area contributed by atoms with E-state index in [9.17, 15) is 9.36 Å². The third-order valence-electron chi connectivity index (χ3n) is 8.09. The molecule has 0 aromatic heterocycles. The summed E-state index contributed by atoms with van der Waals surface area (Å²) in [4.78, 5) is 29.5. The number of rotatable bonds is 31. The molecule has 1 unspecified atom stereocenters. The molecule has 0 aliphatic carbocycles. The summed E-state index contributed by atoms with van der Waals surface area (Å²) >= 11 is 0. The highest BCUT2D eigenvalue weighted by Gasteiger charge is 2.32. The average molecular weight is 575 g/mol. The smallest absolute Gasteiger partial charge is 0.339 e. The summed E-state index contributed by atoms with van der Waals surface area (Å²) in [6.45, 7) is 3.76. The minimum atomic E-state index is -4.39. The summed E-state index contributed by atoms with van der Waals surface area (Å²) < 4.78 is 16.0. The minimum Gasteiger partial charge on any atom is -0.465 e. The van der Waals surface area contributed by atoms with Crippen LogP contribution in [0.2, 0.25) is 0 Å². The Morgan fingerprint density at radius 1 is 0.513 bits per heavy atom. The van der Waals surface area contributed by atoms with Gasteiger partial charge in [0.2, 0.25) is 0 Å². The molecule has 39 heavy (non-hydrogen) atoms. The number of ether oxygens (including phenoxy) is 1. The molecule has 6 heteroatoms. The zero-order valence-electron chi connectivity index (χ0n) is 26.1. The molecule has 0 bridgehead atoms. The van der Waals surface area contributed by atoms with Gasteiger partial charge in [-0.25, -0.2) is 0 Å². The van der Waals surface area contributed by atoms with Gasteiger partial charge in [-0.3, -0.25) is 9.36 Å². The van der Waals surface area contributed by atoms with E-state index in [1.807, 2.05) is 0 Å². The first-order valence-electron chi connectivity index (χ1n) is 17.1. The molecule has 0 aliphatic rings. The number of unbranched alkanes of at least 4 members (excludes halogenated alkanes) is 27. The van der Waals surface area contributed by atoms with Gasteiger partial charge in [-0.1, -0.05) is 180 Å². The van der Waals surface area contributed by atoms with Crippen LogP contribution in [0.1, 0.15) is 194 Å². The molecule has 0 saturated heterocycles. The van der Waals surface area contributed by atoms with Gasteiger partial charge in [0, 0.05) is 0 Å². The second-order valence-electron chi connectivity index (χ2n) is 12.0. The Balaban J connectivity index is 3.14. The largest absolute Gasteiger partial charge is 0.465 e. The van der Waals surface area contributed by atoms with Crippen LogP contribution in [0.25, 0.3) is 0 Å². The Morgan fingerprint density at radius 2 is 0.744 bits per heavy atom. The van der Waals surface area contributed by atoms with Crippen LogP contribution in [0.3, 0.4) is 0 Å². The fourth-order valence-corrected chi connectivity index (χ4v) is 5.55. The summed E-state index contributed by atoms with van der Waals surface area (Å²) in [7, 11) is -4.39. The van der Waals surface area contributed by atoms with Gasteiger partial charge < -0.3 is 14.5 Å². The van der Waals surface area contributed by atoms with Gasteiger partial charge in [0.25, 0.3) is 0 Å². The highest BCUT2D eigenvalue weighted by Crippen LogP contribution is 2.41. The van der Waals surface area contributed by atoms with Gasteiger partial charge in [-0.2, -0.15) is 0 Å². The van der Waals surface area contributed by atoms with Crippen molar-refractivity contribution in [2.45, 2.75) is 199 Å².